The molecule has 1 heterocycles. The molecule has 22 heavy (non-hydrogen) atoms. The van der Waals surface area contributed by atoms with E-state index < -0.39 is 0 Å². The predicted octanol–water partition coefficient (Wildman–Crippen LogP) is 1.18. The topological polar surface area (TPSA) is 76.0 Å². The van der Waals surface area contributed by atoms with Crippen molar-refractivity contribution in [2.75, 3.05) is 13.1 Å². The van der Waals surface area contributed by atoms with Gasteiger partial charge in [0.05, 0.1) is 6.33 Å². The van der Waals surface area contributed by atoms with Crippen molar-refractivity contribution < 1.29 is 4.79 Å². The summed E-state index contributed by atoms with van der Waals surface area (Å²) in [5, 5.41) is 5.52. The Bertz CT molecular complexity index is 640. The Hall–Kier alpha value is -2.63. The van der Waals surface area contributed by atoms with Crippen LogP contribution in [0, 0.1) is 0 Å². The Balaban J connectivity index is 1.58. The van der Waals surface area contributed by atoms with Crippen LogP contribution in [-0.2, 0) is 13.0 Å². The second-order valence-corrected chi connectivity index (χ2v) is 4.88. The minimum Gasteiger partial charge on any atom is -0.338 e. The first kappa shape index (κ1) is 15.8. The summed E-state index contributed by atoms with van der Waals surface area (Å²) in [5.41, 5.74) is 1.14. The molecule has 2 rings (SSSR count). The van der Waals surface area contributed by atoms with Crippen molar-refractivity contribution in [3.63, 3.8) is 0 Å². The molecule has 0 bridgehead atoms. The Morgan fingerprint density at radius 3 is 2.64 bits per heavy atom. The van der Waals surface area contributed by atoms with Crippen LogP contribution in [0.25, 0.3) is 0 Å². The third-order valence-corrected chi connectivity index (χ3v) is 3.20. The molecule has 116 valence electrons. The van der Waals surface area contributed by atoms with Crippen LogP contribution in [0.15, 0.2) is 53.7 Å². The summed E-state index contributed by atoms with van der Waals surface area (Å²) in [4.78, 5) is 26.9. The monoisotopic (exact) mass is 300 g/mol. The quantitative estimate of drug-likeness (QED) is 0.754. The van der Waals surface area contributed by atoms with E-state index in [-0.39, 0.29) is 11.6 Å². The summed E-state index contributed by atoms with van der Waals surface area (Å²) in [6.07, 6.45) is 4.74. The SMILES string of the molecule is O=C(NCCCc1ccccc1)NCCn1cnccc1=O. The van der Waals surface area contributed by atoms with Gasteiger partial charge in [0.15, 0.2) is 0 Å². The maximum Gasteiger partial charge on any atom is 0.314 e. The molecule has 2 N–H and O–H groups in total. The molecule has 2 aromatic rings. The van der Waals surface area contributed by atoms with E-state index in [1.54, 1.807) is 0 Å². The highest BCUT2D eigenvalue weighted by molar-refractivity contribution is 5.73. The number of aryl methyl sites for hydroxylation is 1. The van der Waals surface area contributed by atoms with Crippen molar-refractivity contribution in [3.05, 3.63) is 64.8 Å². The number of rotatable bonds is 7. The smallest absolute Gasteiger partial charge is 0.314 e. The maximum absolute atomic E-state index is 11.6. The van der Waals surface area contributed by atoms with E-state index in [1.807, 2.05) is 18.2 Å². The van der Waals surface area contributed by atoms with Crippen LogP contribution in [0.5, 0.6) is 0 Å². The van der Waals surface area contributed by atoms with Crippen LogP contribution in [-0.4, -0.2) is 28.7 Å². The molecule has 0 aliphatic heterocycles. The van der Waals surface area contributed by atoms with Crippen molar-refractivity contribution >= 4 is 6.03 Å². The molecule has 1 aromatic carbocycles. The van der Waals surface area contributed by atoms with Crippen LogP contribution in [0.4, 0.5) is 4.79 Å². The number of amides is 2. The van der Waals surface area contributed by atoms with Gasteiger partial charge in [0, 0.05) is 31.9 Å². The Morgan fingerprint density at radius 1 is 1.09 bits per heavy atom. The number of benzene rings is 1. The third-order valence-electron chi connectivity index (χ3n) is 3.20. The number of hydrogen-bond acceptors (Lipinski definition) is 3. The number of aromatic nitrogens is 2. The summed E-state index contributed by atoms with van der Waals surface area (Å²) < 4.78 is 1.45. The van der Waals surface area contributed by atoms with Crippen molar-refractivity contribution in [2.45, 2.75) is 19.4 Å². The lowest BCUT2D eigenvalue weighted by molar-refractivity contribution is 0.240. The van der Waals surface area contributed by atoms with Gasteiger partial charge in [-0.25, -0.2) is 9.78 Å². The van der Waals surface area contributed by atoms with Gasteiger partial charge < -0.3 is 10.6 Å². The molecule has 0 radical (unpaired) electrons. The minimum atomic E-state index is -0.218. The number of urea groups is 1. The maximum atomic E-state index is 11.6. The lowest BCUT2D eigenvalue weighted by Gasteiger charge is -2.08. The Kier molecular flexibility index (Phi) is 6.17. The fourth-order valence-corrected chi connectivity index (χ4v) is 2.04. The van der Waals surface area contributed by atoms with E-state index in [1.165, 1.54) is 28.7 Å². The summed E-state index contributed by atoms with van der Waals surface area (Å²) in [6.45, 7) is 1.41. The molecule has 0 atom stereocenters. The zero-order valence-electron chi connectivity index (χ0n) is 12.4. The summed E-state index contributed by atoms with van der Waals surface area (Å²) >= 11 is 0. The zero-order valence-corrected chi connectivity index (χ0v) is 12.4. The van der Waals surface area contributed by atoms with E-state index in [4.69, 9.17) is 0 Å². The normalized spacial score (nSPS) is 10.2. The third kappa shape index (κ3) is 5.40. The van der Waals surface area contributed by atoms with Crippen molar-refractivity contribution in [1.29, 1.82) is 0 Å². The van der Waals surface area contributed by atoms with Gasteiger partial charge in [0.25, 0.3) is 5.56 Å². The van der Waals surface area contributed by atoms with Crippen molar-refractivity contribution in [1.82, 2.24) is 20.2 Å². The van der Waals surface area contributed by atoms with Gasteiger partial charge in [0.2, 0.25) is 0 Å². The lowest BCUT2D eigenvalue weighted by atomic mass is 10.1. The van der Waals surface area contributed by atoms with Crippen LogP contribution >= 0.6 is 0 Å². The van der Waals surface area contributed by atoms with Gasteiger partial charge in [-0.15, -0.1) is 0 Å². The summed E-state index contributed by atoms with van der Waals surface area (Å²) in [5.74, 6) is 0. The molecule has 6 heteroatoms. The molecule has 2 amide bonds. The van der Waals surface area contributed by atoms with Gasteiger partial charge in [-0.05, 0) is 18.4 Å². The number of carbonyl (C=O) groups is 1. The van der Waals surface area contributed by atoms with E-state index >= 15 is 0 Å². The van der Waals surface area contributed by atoms with Crippen LogP contribution < -0.4 is 16.2 Å². The first-order chi connectivity index (χ1) is 10.8. The lowest BCUT2D eigenvalue weighted by Crippen LogP contribution is -2.38. The van der Waals surface area contributed by atoms with E-state index in [9.17, 15) is 9.59 Å². The number of carbonyl (C=O) groups excluding carboxylic acids is 1. The second kappa shape index (κ2) is 8.61. The number of nitrogens with one attached hydrogen (secondary N) is 2. The Labute approximate surface area is 129 Å². The molecule has 0 aliphatic carbocycles. The summed E-state index contributed by atoms with van der Waals surface area (Å²) in [6, 6.07) is 11.3. The minimum absolute atomic E-state index is 0.125. The fraction of sp³-hybridized carbons (Fsp3) is 0.312. The molecule has 0 fully saturated rings. The fourth-order valence-electron chi connectivity index (χ4n) is 2.04. The largest absolute Gasteiger partial charge is 0.338 e. The molecule has 0 aliphatic rings. The molecule has 1 aromatic heterocycles. The molecular formula is C16H20N4O2. The second-order valence-electron chi connectivity index (χ2n) is 4.88. The number of nitrogens with zero attached hydrogens (tertiary/aromatic N) is 2. The van der Waals surface area contributed by atoms with E-state index in [0.29, 0.717) is 19.6 Å². The van der Waals surface area contributed by atoms with Crippen LogP contribution in [0.1, 0.15) is 12.0 Å². The average Bonchev–Trinajstić information content (AvgIpc) is 2.54. The first-order valence-electron chi connectivity index (χ1n) is 7.32. The van der Waals surface area contributed by atoms with E-state index in [2.05, 4.69) is 27.8 Å². The molecule has 6 nitrogen and oxygen atoms in total. The zero-order chi connectivity index (χ0) is 15.6. The molecule has 0 saturated carbocycles. The van der Waals surface area contributed by atoms with Crippen LogP contribution in [0.3, 0.4) is 0 Å². The van der Waals surface area contributed by atoms with Crippen molar-refractivity contribution in [3.8, 4) is 0 Å². The predicted molar refractivity (Wildman–Crippen MR) is 84.7 cm³/mol. The first-order valence-corrected chi connectivity index (χ1v) is 7.32. The highest BCUT2D eigenvalue weighted by Gasteiger charge is 2.00. The average molecular weight is 300 g/mol. The highest BCUT2D eigenvalue weighted by Crippen LogP contribution is 2.01. The Morgan fingerprint density at radius 2 is 1.86 bits per heavy atom. The molecule has 0 unspecified atom stereocenters. The standard InChI is InChI=1S/C16H20N4O2/c21-15-8-10-17-13-20(15)12-11-19-16(22)18-9-4-7-14-5-2-1-3-6-14/h1-3,5-6,8,10,13H,4,7,9,11-12H2,(H2,18,19,22). The number of hydrogen-bond donors (Lipinski definition) is 2. The van der Waals surface area contributed by atoms with E-state index in [0.717, 1.165) is 12.8 Å². The van der Waals surface area contributed by atoms with Gasteiger partial charge in [-0.3, -0.25) is 9.36 Å². The molecular weight excluding hydrogens is 280 g/mol. The van der Waals surface area contributed by atoms with Crippen molar-refractivity contribution in [2.24, 2.45) is 0 Å². The van der Waals surface area contributed by atoms with Gasteiger partial charge in [0.1, 0.15) is 0 Å². The molecule has 0 saturated heterocycles. The highest BCUT2D eigenvalue weighted by atomic mass is 16.2. The van der Waals surface area contributed by atoms with Gasteiger partial charge >= 0.3 is 6.03 Å². The van der Waals surface area contributed by atoms with Gasteiger partial charge in [-0.1, -0.05) is 30.3 Å². The molecule has 0 spiro atoms. The van der Waals surface area contributed by atoms with Gasteiger partial charge in [-0.2, -0.15) is 0 Å². The van der Waals surface area contributed by atoms with Crippen LogP contribution in [0.2, 0.25) is 0 Å². The summed E-state index contributed by atoms with van der Waals surface area (Å²) in [7, 11) is 0.